The molecule has 0 unspecified atom stereocenters. The van der Waals surface area contributed by atoms with E-state index in [-0.39, 0.29) is 0 Å². The second-order valence-corrected chi connectivity index (χ2v) is 35.5. The smallest absolute Gasteiger partial charge is 0.160 e. The van der Waals surface area contributed by atoms with Crippen molar-refractivity contribution in [2.45, 2.75) is 0 Å². The molecular weight excluding hydrogens is 1590 g/mol. The summed E-state index contributed by atoms with van der Waals surface area (Å²) < 4.78 is 26.5. The van der Waals surface area contributed by atoms with Crippen molar-refractivity contribution in [3.63, 3.8) is 0 Å². The number of furan rings is 3. The highest BCUT2D eigenvalue weighted by Crippen LogP contribution is 2.46. The number of hydrogen-bond donors (Lipinski definition) is 0. The van der Waals surface area contributed by atoms with E-state index < -0.39 is 0 Å². The van der Waals surface area contributed by atoms with Crippen LogP contribution in [-0.4, -0.2) is 19.9 Å². The molecule has 0 N–H and O–H groups in total. The second kappa shape index (κ2) is 30.1. The molecule has 588 valence electrons. The highest BCUT2D eigenvalue weighted by atomic mass is 32.1. The Morgan fingerprint density at radius 2 is 0.381 bits per heavy atom. The number of thiophene rings is 3. The predicted octanol–water partition coefficient (Wildman–Crippen LogP) is 33.8. The maximum absolute atomic E-state index is 6.24. The van der Waals surface area contributed by atoms with Gasteiger partial charge in [0.2, 0.25) is 0 Å². The summed E-state index contributed by atoms with van der Waals surface area (Å²) in [5.41, 5.74) is 28.2. The SMILES string of the molecule is c1ccc(-c2nc(-c3ccc(-c4ccc5sc6ccccc6c5c4)cc3)cc(-c3cc(-c4ccc5oc6ccccc6c5c4)cc(-c4ccc5oc6ccccc6c5c4)c3)n2)cc1.c1ccc(-c2nc(-c3cccc(-c4ccc5oc6ccccc6c5c4)c3)cc(-c3cc(-c4ccc5sc6ccccc6c5c4)cc(-c4ccc5sc6ccccc6c5c4)c3)n2)cc1. The summed E-state index contributed by atoms with van der Waals surface area (Å²) in [4.78, 5) is 21.1. The van der Waals surface area contributed by atoms with Crippen LogP contribution in [0.5, 0.6) is 0 Å². The number of para-hydroxylation sites is 3. The molecule has 0 aliphatic heterocycles. The summed E-state index contributed by atoms with van der Waals surface area (Å²) in [6.07, 6.45) is 0. The molecule has 0 aliphatic carbocycles. The third-order valence-electron chi connectivity index (χ3n) is 24.6. The summed E-state index contributed by atoms with van der Waals surface area (Å²) >= 11 is 5.54. The Balaban J connectivity index is 0.000000137. The number of rotatable bonds is 12. The average Bonchev–Trinajstić information content (AvgIpc) is 1.44. The predicted molar refractivity (Wildman–Crippen MR) is 530 cm³/mol. The highest BCUT2D eigenvalue weighted by Gasteiger charge is 2.22. The maximum atomic E-state index is 6.24. The summed E-state index contributed by atoms with van der Waals surface area (Å²) in [5, 5.41) is 14.3. The van der Waals surface area contributed by atoms with Gasteiger partial charge in [-0.3, -0.25) is 0 Å². The molecule has 0 atom stereocenters. The third kappa shape index (κ3) is 13.1. The molecule has 10 heteroatoms. The average molecular weight is 1660 g/mol. The topological polar surface area (TPSA) is 91.0 Å². The molecule has 0 fully saturated rings. The van der Waals surface area contributed by atoms with Gasteiger partial charge in [0, 0.05) is 126 Å². The Labute approximate surface area is 735 Å². The van der Waals surface area contributed by atoms with Gasteiger partial charge in [-0.05, 0) is 231 Å². The zero-order valence-electron chi connectivity index (χ0n) is 67.5. The standard InChI is InChI=1S/C58H34N2O2S.C58H34N2OS2/c1-2-10-37(11-3-1)58-59-50(36-20-18-35(19-21-36)38-24-27-57-49(33-38)46-14-6-9-17-56(46)63-57)34-51(60-58)43-29-41(39-22-25-54-47(31-39)44-12-4-7-15-52(44)61-54)28-42(30-43)40-23-26-55-48(32-40)45-13-5-8-16-53(45)62-55;1-2-11-35(12-3-1)58-59-50(40-14-10-13-36(27-40)37-21-24-53-47(31-37)44-15-4-7-18-52(44)61-53)34-51(60-58)43-29-41(38-22-25-56-48(32-38)45-16-5-8-19-54(45)62-56)28-42(30-43)39-23-26-57-49(33-39)46-17-6-9-20-55(46)63-57/h2*1-34H. The maximum Gasteiger partial charge on any atom is 0.160 e. The van der Waals surface area contributed by atoms with E-state index in [4.69, 9.17) is 33.2 Å². The minimum atomic E-state index is 0.673. The van der Waals surface area contributed by atoms with Crippen molar-refractivity contribution in [3.05, 3.63) is 413 Å². The molecule has 26 rings (SSSR count). The molecule has 0 bridgehead atoms. The van der Waals surface area contributed by atoms with Gasteiger partial charge in [-0.25, -0.2) is 19.9 Å². The van der Waals surface area contributed by atoms with Gasteiger partial charge in [-0.1, -0.05) is 249 Å². The first-order chi connectivity index (χ1) is 62.3. The lowest BCUT2D eigenvalue weighted by Gasteiger charge is -2.14. The van der Waals surface area contributed by atoms with Crippen LogP contribution in [-0.2, 0) is 0 Å². The van der Waals surface area contributed by atoms with Crippen LogP contribution in [0, 0.1) is 0 Å². The van der Waals surface area contributed by atoms with Crippen LogP contribution in [0.2, 0.25) is 0 Å². The van der Waals surface area contributed by atoms with Gasteiger partial charge >= 0.3 is 0 Å². The minimum Gasteiger partial charge on any atom is -0.456 e. The van der Waals surface area contributed by atoms with Crippen LogP contribution in [0.15, 0.2) is 426 Å². The molecule has 8 heterocycles. The van der Waals surface area contributed by atoms with Crippen LogP contribution < -0.4 is 0 Å². The molecule has 0 saturated carbocycles. The molecule has 126 heavy (non-hydrogen) atoms. The zero-order valence-corrected chi connectivity index (χ0v) is 69.9. The number of fused-ring (bicyclic) bond motifs is 18. The lowest BCUT2D eigenvalue weighted by atomic mass is 9.93. The molecule has 0 saturated heterocycles. The Morgan fingerprint density at radius 3 is 0.778 bits per heavy atom. The Bertz CT molecular complexity index is 8610. The second-order valence-electron chi connectivity index (χ2n) is 32.3. The van der Waals surface area contributed by atoms with Crippen LogP contribution in [0.4, 0.5) is 0 Å². The molecule has 0 amide bonds. The van der Waals surface area contributed by atoms with Crippen molar-refractivity contribution in [2.24, 2.45) is 0 Å². The lowest BCUT2D eigenvalue weighted by Crippen LogP contribution is -1.97. The fourth-order valence-corrected chi connectivity index (χ4v) is 21.5. The first-order valence-electron chi connectivity index (χ1n) is 42.2. The number of hydrogen-bond acceptors (Lipinski definition) is 10. The van der Waals surface area contributed by atoms with Gasteiger partial charge < -0.3 is 13.3 Å². The van der Waals surface area contributed by atoms with Crippen molar-refractivity contribution < 1.29 is 13.3 Å². The number of aromatic nitrogens is 4. The van der Waals surface area contributed by atoms with Crippen LogP contribution >= 0.6 is 34.0 Å². The Morgan fingerprint density at radius 1 is 0.135 bits per heavy atom. The van der Waals surface area contributed by atoms with Crippen LogP contribution in [0.1, 0.15) is 0 Å². The van der Waals surface area contributed by atoms with Gasteiger partial charge in [-0.15, -0.1) is 34.0 Å². The van der Waals surface area contributed by atoms with Crippen molar-refractivity contribution in [2.75, 3.05) is 0 Å². The summed E-state index contributed by atoms with van der Waals surface area (Å²) in [6, 6.07) is 147. The minimum absolute atomic E-state index is 0.673. The van der Waals surface area contributed by atoms with E-state index in [9.17, 15) is 0 Å². The normalized spacial score (nSPS) is 11.8. The van der Waals surface area contributed by atoms with E-state index in [0.717, 1.165) is 172 Å². The van der Waals surface area contributed by atoms with E-state index in [1.54, 1.807) is 0 Å². The van der Waals surface area contributed by atoms with E-state index in [2.05, 4.69) is 352 Å². The summed E-state index contributed by atoms with van der Waals surface area (Å²) in [7, 11) is 0. The Hall–Kier alpha value is -15.8. The fraction of sp³-hybridized carbons (Fsp3) is 0. The van der Waals surface area contributed by atoms with Crippen LogP contribution in [0.3, 0.4) is 0 Å². The molecule has 0 radical (unpaired) electrons. The van der Waals surface area contributed by atoms with Gasteiger partial charge in [0.25, 0.3) is 0 Å². The van der Waals surface area contributed by atoms with E-state index in [0.29, 0.717) is 11.6 Å². The van der Waals surface area contributed by atoms with Gasteiger partial charge in [0.05, 0.1) is 22.8 Å². The van der Waals surface area contributed by atoms with Gasteiger partial charge in [-0.2, -0.15) is 0 Å². The van der Waals surface area contributed by atoms with Gasteiger partial charge in [0.15, 0.2) is 11.6 Å². The van der Waals surface area contributed by atoms with E-state index in [1.165, 1.54) is 77.2 Å². The van der Waals surface area contributed by atoms with Crippen molar-refractivity contribution in [1.29, 1.82) is 0 Å². The fourth-order valence-electron chi connectivity index (χ4n) is 18.3. The number of benzene rings is 18. The molecule has 0 aliphatic rings. The van der Waals surface area contributed by atoms with E-state index >= 15 is 0 Å². The monoisotopic (exact) mass is 1660 g/mol. The lowest BCUT2D eigenvalue weighted by molar-refractivity contribution is 0.668. The largest absolute Gasteiger partial charge is 0.456 e. The Kier molecular flexibility index (Phi) is 17.4. The van der Waals surface area contributed by atoms with Crippen LogP contribution in [0.25, 0.3) is 261 Å². The van der Waals surface area contributed by atoms with Crippen molar-refractivity contribution in [1.82, 2.24) is 19.9 Å². The first-order valence-corrected chi connectivity index (χ1v) is 44.7. The molecule has 18 aromatic carbocycles. The molecule has 8 aromatic heterocycles. The highest BCUT2D eigenvalue weighted by molar-refractivity contribution is 7.26. The van der Waals surface area contributed by atoms with Crippen molar-refractivity contribution >= 4 is 160 Å². The zero-order chi connectivity index (χ0) is 82.9. The van der Waals surface area contributed by atoms with Gasteiger partial charge in [0.1, 0.15) is 33.5 Å². The number of nitrogens with zero attached hydrogens (tertiary/aromatic N) is 4. The quantitative estimate of drug-likeness (QED) is 0.120. The van der Waals surface area contributed by atoms with Crippen molar-refractivity contribution in [3.8, 4) is 135 Å². The third-order valence-corrected chi connectivity index (χ3v) is 28.0. The molecular formula is C116H68N4O3S3. The summed E-state index contributed by atoms with van der Waals surface area (Å²) in [6.45, 7) is 0. The molecule has 7 nitrogen and oxygen atoms in total. The molecule has 0 spiro atoms. The first kappa shape index (κ1) is 72.9. The summed E-state index contributed by atoms with van der Waals surface area (Å²) in [5.74, 6) is 1.36. The molecule has 26 aromatic rings. The van der Waals surface area contributed by atoms with E-state index in [1.807, 2.05) is 94.7 Å².